The van der Waals surface area contributed by atoms with Gasteiger partial charge in [0.2, 0.25) is 0 Å². The number of urea groups is 1. The van der Waals surface area contributed by atoms with E-state index >= 15 is 0 Å². The van der Waals surface area contributed by atoms with Crippen molar-refractivity contribution in [3.05, 3.63) is 0 Å². The smallest absolute Gasteiger partial charge is 0.328 e. The summed E-state index contributed by atoms with van der Waals surface area (Å²) in [5.74, 6) is -1.23. The maximum absolute atomic E-state index is 11.6. The van der Waals surface area contributed by atoms with Gasteiger partial charge in [-0.05, 0) is 25.8 Å². The number of fused-ring (bicyclic) bond motifs is 1. The number of aliphatic hydroxyl groups excluding tert-OH is 1. The van der Waals surface area contributed by atoms with E-state index in [1.165, 1.54) is 0 Å². The molecular formula is C11H19N3O4. The lowest BCUT2D eigenvalue weighted by Crippen LogP contribution is -2.52. The number of nitrogens with one attached hydrogen (secondary N) is 2. The first-order valence-corrected chi connectivity index (χ1v) is 6.26. The fraction of sp³-hybridized carbons (Fsp3) is 0.818. The maximum Gasteiger partial charge on any atom is 0.328 e. The van der Waals surface area contributed by atoms with Crippen LogP contribution in [0, 0.1) is 0 Å². The highest BCUT2D eigenvalue weighted by Gasteiger charge is 2.38. The highest BCUT2D eigenvalue weighted by atomic mass is 16.4. The van der Waals surface area contributed by atoms with Crippen molar-refractivity contribution in [1.82, 2.24) is 15.5 Å². The zero-order valence-electron chi connectivity index (χ0n) is 10.1. The van der Waals surface area contributed by atoms with Gasteiger partial charge in [0, 0.05) is 18.6 Å². The van der Waals surface area contributed by atoms with Crippen LogP contribution in [0.1, 0.15) is 19.3 Å². The van der Waals surface area contributed by atoms with E-state index in [-0.39, 0.29) is 6.04 Å². The Morgan fingerprint density at radius 1 is 1.33 bits per heavy atom. The number of carbonyl (C=O) groups excluding carboxylic acids is 1. The van der Waals surface area contributed by atoms with Crippen molar-refractivity contribution in [2.75, 3.05) is 19.7 Å². The highest BCUT2D eigenvalue weighted by Crippen LogP contribution is 2.27. The van der Waals surface area contributed by atoms with Crippen LogP contribution in [0.2, 0.25) is 0 Å². The quantitative estimate of drug-likeness (QED) is 0.516. The number of nitrogens with zero attached hydrogens (tertiary/aromatic N) is 1. The summed E-state index contributed by atoms with van der Waals surface area (Å²) in [6, 6.07) is -1.30. The summed E-state index contributed by atoms with van der Waals surface area (Å²) in [7, 11) is 0. The molecule has 0 aliphatic carbocycles. The van der Waals surface area contributed by atoms with Gasteiger partial charge in [-0.3, -0.25) is 4.90 Å². The van der Waals surface area contributed by atoms with Crippen LogP contribution in [-0.4, -0.2) is 64.9 Å². The first-order valence-electron chi connectivity index (χ1n) is 6.26. The van der Waals surface area contributed by atoms with Gasteiger partial charge in [-0.1, -0.05) is 0 Å². The highest BCUT2D eigenvalue weighted by molar-refractivity contribution is 5.82. The molecule has 18 heavy (non-hydrogen) atoms. The number of amides is 2. The maximum atomic E-state index is 11.6. The predicted molar refractivity (Wildman–Crippen MR) is 63.2 cm³/mol. The Bertz CT molecular complexity index is 336. The van der Waals surface area contributed by atoms with Crippen molar-refractivity contribution in [2.24, 2.45) is 0 Å². The van der Waals surface area contributed by atoms with Crippen LogP contribution < -0.4 is 10.6 Å². The molecule has 4 N–H and O–H groups in total. The van der Waals surface area contributed by atoms with Crippen molar-refractivity contribution in [1.29, 1.82) is 0 Å². The van der Waals surface area contributed by atoms with Gasteiger partial charge in [0.05, 0.1) is 6.61 Å². The van der Waals surface area contributed by atoms with E-state index < -0.39 is 24.6 Å². The van der Waals surface area contributed by atoms with Gasteiger partial charge in [-0.25, -0.2) is 9.59 Å². The van der Waals surface area contributed by atoms with Crippen molar-refractivity contribution >= 4 is 12.0 Å². The lowest BCUT2D eigenvalue weighted by Gasteiger charge is -2.22. The first kappa shape index (κ1) is 13.1. The van der Waals surface area contributed by atoms with Gasteiger partial charge in [-0.15, -0.1) is 0 Å². The number of aliphatic hydroxyl groups is 1. The fourth-order valence-electron chi connectivity index (χ4n) is 2.80. The van der Waals surface area contributed by atoms with Crippen LogP contribution in [0.5, 0.6) is 0 Å². The minimum atomic E-state index is -1.24. The molecule has 0 spiro atoms. The van der Waals surface area contributed by atoms with Crippen LogP contribution in [0.25, 0.3) is 0 Å². The minimum Gasteiger partial charge on any atom is -0.480 e. The lowest BCUT2D eigenvalue weighted by molar-refractivity contribution is -0.140. The molecule has 0 bridgehead atoms. The Morgan fingerprint density at radius 3 is 2.78 bits per heavy atom. The number of rotatable bonds is 4. The molecule has 2 amide bonds. The molecule has 7 nitrogen and oxygen atoms in total. The van der Waals surface area contributed by atoms with Gasteiger partial charge in [0.15, 0.2) is 6.04 Å². The minimum absolute atomic E-state index is 0.0839. The topological polar surface area (TPSA) is 102 Å². The Morgan fingerprint density at radius 2 is 2.11 bits per heavy atom. The lowest BCUT2D eigenvalue weighted by atomic mass is 10.1. The van der Waals surface area contributed by atoms with E-state index in [4.69, 9.17) is 10.2 Å². The number of carboxylic acids is 1. The Kier molecular flexibility index (Phi) is 4.03. The van der Waals surface area contributed by atoms with Crippen LogP contribution in [0.4, 0.5) is 4.79 Å². The molecule has 102 valence electrons. The molecule has 0 aromatic heterocycles. The van der Waals surface area contributed by atoms with Gasteiger partial charge in [0.1, 0.15) is 0 Å². The number of hydrogen-bond donors (Lipinski definition) is 4. The van der Waals surface area contributed by atoms with E-state index in [0.717, 1.165) is 32.4 Å². The number of carbonyl (C=O) groups is 2. The zero-order valence-corrected chi connectivity index (χ0v) is 10.1. The third-order valence-corrected chi connectivity index (χ3v) is 3.71. The average molecular weight is 257 g/mol. The Labute approximate surface area is 105 Å². The van der Waals surface area contributed by atoms with Gasteiger partial charge in [0.25, 0.3) is 0 Å². The summed E-state index contributed by atoms with van der Waals surface area (Å²) in [5, 5.41) is 22.6. The molecule has 2 heterocycles. The standard InChI is InChI=1S/C11H19N3O4/c15-6-8(10(16)17)13-11(18)12-7-3-5-14-4-1-2-9(7)14/h7-9,15H,1-6H2,(H,16,17)(H2,12,13,18)/t7?,8-,9?/m0/s1. The SMILES string of the molecule is O=C(NC1CCN2CCCC12)N[C@@H](CO)C(=O)O. The molecule has 2 aliphatic heterocycles. The monoisotopic (exact) mass is 257 g/mol. The molecule has 7 heteroatoms. The first-order chi connectivity index (χ1) is 8.61. The predicted octanol–water partition coefficient (Wildman–Crippen LogP) is -1.03. The summed E-state index contributed by atoms with van der Waals surface area (Å²) in [6.07, 6.45) is 3.13. The molecule has 0 aromatic carbocycles. The van der Waals surface area contributed by atoms with Crippen LogP contribution in [-0.2, 0) is 4.79 Å². The number of aliphatic carboxylic acids is 1. The van der Waals surface area contributed by atoms with E-state index in [1.807, 2.05) is 0 Å². The number of hydrogen-bond acceptors (Lipinski definition) is 4. The second-order valence-corrected chi connectivity index (χ2v) is 4.83. The molecule has 0 saturated carbocycles. The summed E-state index contributed by atoms with van der Waals surface area (Å²) in [6.45, 7) is 1.46. The van der Waals surface area contributed by atoms with Crippen molar-refractivity contribution in [3.63, 3.8) is 0 Å². The van der Waals surface area contributed by atoms with Gasteiger partial charge in [-0.2, -0.15) is 0 Å². The molecular weight excluding hydrogens is 238 g/mol. The number of carboxylic acid groups (broad SMARTS) is 1. The summed E-state index contributed by atoms with van der Waals surface area (Å²) in [5.41, 5.74) is 0. The van der Waals surface area contributed by atoms with Crippen LogP contribution >= 0.6 is 0 Å². The molecule has 2 aliphatic rings. The van der Waals surface area contributed by atoms with Gasteiger partial charge >= 0.3 is 12.0 Å². The van der Waals surface area contributed by atoms with E-state index in [2.05, 4.69) is 15.5 Å². The van der Waals surface area contributed by atoms with E-state index in [0.29, 0.717) is 6.04 Å². The van der Waals surface area contributed by atoms with Crippen LogP contribution in [0.3, 0.4) is 0 Å². The molecule has 0 aromatic rings. The Balaban J connectivity index is 1.82. The summed E-state index contributed by atoms with van der Waals surface area (Å²) < 4.78 is 0. The molecule has 2 unspecified atom stereocenters. The molecule has 2 fully saturated rings. The molecule has 0 radical (unpaired) electrons. The average Bonchev–Trinajstić information content (AvgIpc) is 2.90. The molecule has 3 atom stereocenters. The fourth-order valence-corrected chi connectivity index (χ4v) is 2.80. The zero-order chi connectivity index (χ0) is 13.1. The Hall–Kier alpha value is -1.34. The van der Waals surface area contributed by atoms with Gasteiger partial charge < -0.3 is 20.8 Å². The molecule has 2 rings (SSSR count). The van der Waals surface area contributed by atoms with Crippen molar-refractivity contribution < 1.29 is 19.8 Å². The summed E-state index contributed by atoms with van der Waals surface area (Å²) >= 11 is 0. The van der Waals surface area contributed by atoms with Crippen molar-refractivity contribution in [3.8, 4) is 0 Å². The second kappa shape index (κ2) is 5.53. The molecule has 2 saturated heterocycles. The largest absolute Gasteiger partial charge is 0.480 e. The van der Waals surface area contributed by atoms with E-state index in [9.17, 15) is 9.59 Å². The third kappa shape index (κ3) is 2.73. The summed E-state index contributed by atoms with van der Waals surface area (Å²) in [4.78, 5) is 24.7. The third-order valence-electron chi connectivity index (χ3n) is 3.71. The second-order valence-electron chi connectivity index (χ2n) is 4.83. The van der Waals surface area contributed by atoms with Crippen molar-refractivity contribution in [2.45, 2.75) is 37.4 Å². The van der Waals surface area contributed by atoms with E-state index in [1.54, 1.807) is 0 Å². The van der Waals surface area contributed by atoms with Crippen LogP contribution in [0.15, 0.2) is 0 Å². The normalized spacial score (nSPS) is 28.7.